The van der Waals surface area contributed by atoms with Gasteiger partial charge < -0.3 is 5.32 Å². The van der Waals surface area contributed by atoms with Crippen molar-refractivity contribution in [2.75, 3.05) is 0 Å². The van der Waals surface area contributed by atoms with E-state index in [0.717, 1.165) is 5.56 Å². The Labute approximate surface area is 81.9 Å². The highest BCUT2D eigenvalue weighted by Gasteiger charge is 2.32. The average Bonchev–Trinajstić information content (AvgIpc) is 2.80. The minimum Gasteiger partial charge on any atom is -0.304 e. The maximum Gasteiger partial charge on any atom is 0.212 e. The maximum atomic E-state index is 12.6. The molecule has 0 amide bonds. The Balaban J connectivity index is 1.96. The molecule has 0 spiro atoms. The number of nitrogens with one attached hydrogen (secondary N) is 1. The third-order valence-corrected chi connectivity index (χ3v) is 3.00. The molecule has 0 unspecified atom stereocenters. The van der Waals surface area contributed by atoms with Crippen molar-refractivity contribution >= 4 is 5.57 Å². The van der Waals surface area contributed by atoms with Crippen LogP contribution in [-0.2, 0) is 0 Å². The molecule has 0 aliphatic carbocycles. The zero-order valence-electron chi connectivity index (χ0n) is 7.70. The Morgan fingerprint density at radius 1 is 1.36 bits per heavy atom. The molecule has 3 rings (SSSR count). The molecular weight excluding hydrogens is 179 g/mol. The van der Waals surface area contributed by atoms with Gasteiger partial charge in [0.2, 0.25) is 5.95 Å². The highest BCUT2D eigenvalue weighted by Crippen LogP contribution is 2.33. The van der Waals surface area contributed by atoms with Crippen LogP contribution in [0, 0.1) is 5.95 Å². The number of fused-ring (bicyclic) bond motifs is 2. The molecular formula is C11H11FN2. The smallest absolute Gasteiger partial charge is 0.212 e. The fourth-order valence-corrected chi connectivity index (χ4v) is 2.32. The highest BCUT2D eigenvalue weighted by atomic mass is 19.1. The lowest BCUT2D eigenvalue weighted by atomic mass is 9.94. The van der Waals surface area contributed by atoms with Crippen molar-refractivity contribution in [2.24, 2.45) is 0 Å². The second kappa shape index (κ2) is 2.89. The quantitative estimate of drug-likeness (QED) is 0.682. The van der Waals surface area contributed by atoms with Crippen LogP contribution in [0.15, 0.2) is 24.4 Å². The molecule has 3 heterocycles. The molecule has 14 heavy (non-hydrogen) atoms. The lowest BCUT2D eigenvalue weighted by Gasteiger charge is -2.11. The highest BCUT2D eigenvalue weighted by molar-refractivity contribution is 5.72. The number of hydrogen-bond acceptors (Lipinski definition) is 2. The van der Waals surface area contributed by atoms with Crippen molar-refractivity contribution in [3.05, 3.63) is 35.9 Å². The molecule has 1 saturated heterocycles. The first kappa shape index (κ1) is 8.12. The lowest BCUT2D eigenvalue weighted by Crippen LogP contribution is -2.21. The van der Waals surface area contributed by atoms with Crippen LogP contribution in [0.1, 0.15) is 18.4 Å². The van der Waals surface area contributed by atoms with Gasteiger partial charge in [-0.3, -0.25) is 0 Å². The van der Waals surface area contributed by atoms with Crippen molar-refractivity contribution in [2.45, 2.75) is 24.9 Å². The van der Waals surface area contributed by atoms with Crippen LogP contribution in [0.3, 0.4) is 0 Å². The summed E-state index contributed by atoms with van der Waals surface area (Å²) >= 11 is 0. The van der Waals surface area contributed by atoms with Gasteiger partial charge in [-0.2, -0.15) is 4.39 Å². The summed E-state index contributed by atoms with van der Waals surface area (Å²) < 4.78 is 12.6. The predicted molar refractivity (Wildman–Crippen MR) is 52.1 cm³/mol. The number of pyridine rings is 1. The van der Waals surface area contributed by atoms with Crippen LogP contribution in [-0.4, -0.2) is 17.1 Å². The van der Waals surface area contributed by atoms with Gasteiger partial charge in [0.05, 0.1) is 0 Å². The summed E-state index contributed by atoms with van der Waals surface area (Å²) in [6, 6.07) is 4.21. The first-order chi connectivity index (χ1) is 6.83. The largest absolute Gasteiger partial charge is 0.304 e. The maximum absolute atomic E-state index is 12.6. The van der Waals surface area contributed by atoms with E-state index >= 15 is 0 Å². The van der Waals surface area contributed by atoms with Crippen LogP contribution >= 0.6 is 0 Å². The number of rotatable bonds is 1. The third kappa shape index (κ3) is 1.16. The van der Waals surface area contributed by atoms with E-state index in [9.17, 15) is 4.39 Å². The van der Waals surface area contributed by atoms with Crippen molar-refractivity contribution in [3.8, 4) is 0 Å². The Bertz CT molecular complexity index is 383. The van der Waals surface area contributed by atoms with Gasteiger partial charge in [-0.25, -0.2) is 4.98 Å². The molecule has 72 valence electrons. The van der Waals surface area contributed by atoms with Gasteiger partial charge in [0.15, 0.2) is 0 Å². The van der Waals surface area contributed by atoms with Gasteiger partial charge in [-0.1, -0.05) is 6.08 Å². The van der Waals surface area contributed by atoms with Gasteiger partial charge in [0.1, 0.15) is 0 Å². The molecule has 1 N–H and O–H groups in total. The Morgan fingerprint density at radius 2 is 2.29 bits per heavy atom. The summed E-state index contributed by atoms with van der Waals surface area (Å²) in [5.74, 6) is -0.412. The second-order valence-corrected chi connectivity index (χ2v) is 3.89. The van der Waals surface area contributed by atoms with E-state index in [1.165, 1.54) is 24.5 Å². The average molecular weight is 190 g/mol. The topological polar surface area (TPSA) is 24.9 Å². The summed E-state index contributed by atoms with van der Waals surface area (Å²) in [5.41, 5.74) is 2.33. The van der Waals surface area contributed by atoms with Crippen molar-refractivity contribution in [3.63, 3.8) is 0 Å². The van der Waals surface area contributed by atoms with E-state index in [2.05, 4.69) is 16.4 Å². The molecule has 0 saturated carbocycles. The monoisotopic (exact) mass is 190 g/mol. The minimum absolute atomic E-state index is 0.412. The molecule has 2 aliphatic heterocycles. The van der Waals surface area contributed by atoms with E-state index in [-0.39, 0.29) is 0 Å². The second-order valence-electron chi connectivity index (χ2n) is 3.89. The summed E-state index contributed by atoms with van der Waals surface area (Å²) in [5, 5.41) is 3.48. The lowest BCUT2D eigenvalue weighted by molar-refractivity contribution is 0.583. The van der Waals surface area contributed by atoms with Gasteiger partial charge in [-0.15, -0.1) is 0 Å². The zero-order valence-corrected chi connectivity index (χ0v) is 7.70. The van der Waals surface area contributed by atoms with Crippen LogP contribution in [0.4, 0.5) is 4.39 Å². The molecule has 1 aromatic rings. The predicted octanol–water partition coefficient (Wildman–Crippen LogP) is 1.74. The van der Waals surface area contributed by atoms with Crippen LogP contribution < -0.4 is 5.32 Å². The normalized spacial score (nSPS) is 29.4. The Kier molecular flexibility index (Phi) is 1.67. The SMILES string of the molecule is Fc1ccc(C2=C[C@@H]3CC[C@H]2N3)cn1. The fraction of sp³-hybridized carbons (Fsp3) is 0.364. The van der Waals surface area contributed by atoms with E-state index in [1.54, 1.807) is 12.3 Å². The zero-order chi connectivity index (χ0) is 9.54. The van der Waals surface area contributed by atoms with Gasteiger partial charge in [-0.05, 0) is 36.1 Å². The number of aromatic nitrogens is 1. The summed E-state index contributed by atoms with van der Waals surface area (Å²) in [6.07, 6.45) is 6.27. The van der Waals surface area contributed by atoms with Crippen molar-refractivity contribution in [1.29, 1.82) is 0 Å². The minimum atomic E-state index is -0.412. The molecule has 0 aromatic carbocycles. The van der Waals surface area contributed by atoms with E-state index in [1.807, 2.05) is 0 Å². The van der Waals surface area contributed by atoms with E-state index < -0.39 is 5.95 Å². The van der Waals surface area contributed by atoms with E-state index in [4.69, 9.17) is 0 Å². The number of halogens is 1. The summed E-state index contributed by atoms with van der Waals surface area (Å²) in [4.78, 5) is 3.67. The van der Waals surface area contributed by atoms with E-state index in [0.29, 0.717) is 12.1 Å². The van der Waals surface area contributed by atoms with Crippen molar-refractivity contribution in [1.82, 2.24) is 10.3 Å². The van der Waals surface area contributed by atoms with Crippen molar-refractivity contribution < 1.29 is 4.39 Å². The standard InChI is InChI=1S/C11H11FN2/c12-11-4-1-7(6-13-11)9-5-8-2-3-10(9)14-8/h1,4-6,8,10,14H,2-3H2/t8-,10+/m0/s1. The number of nitrogens with zero attached hydrogens (tertiary/aromatic N) is 1. The molecule has 1 aromatic heterocycles. The van der Waals surface area contributed by atoms with Gasteiger partial charge in [0.25, 0.3) is 0 Å². The molecule has 2 bridgehead atoms. The Hall–Kier alpha value is -1.22. The molecule has 2 atom stereocenters. The summed E-state index contributed by atoms with van der Waals surface area (Å²) in [6.45, 7) is 0. The third-order valence-electron chi connectivity index (χ3n) is 3.00. The van der Waals surface area contributed by atoms with Crippen LogP contribution in [0.5, 0.6) is 0 Å². The molecule has 3 heteroatoms. The molecule has 1 fully saturated rings. The fourth-order valence-electron chi connectivity index (χ4n) is 2.32. The molecule has 0 radical (unpaired) electrons. The Morgan fingerprint density at radius 3 is 2.86 bits per heavy atom. The molecule has 2 nitrogen and oxygen atoms in total. The van der Waals surface area contributed by atoms with Crippen LogP contribution in [0.2, 0.25) is 0 Å². The first-order valence-corrected chi connectivity index (χ1v) is 4.92. The van der Waals surface area contributed by atoms with Gasteiger partial charge >= 0.3 is 0 Å². The first-order valence-electron chi connectivity index (χ1n) is 4.92. The van der Waals surface area contributed by atoms with Gasteiger partial charge in [0, 0.05) is 18.3 Å². The van der Waals surface area contributed by atoms with Crippen LogP contribution in [0.25, 0.3) is 5.57 Å². The summed E-state index contributed by atoms with van der Waals surface area (Å²) in [7, 11) is 0. The molecule has 2 aliphatic rings. The number of hydrogen-bond donors (Lipinski definition) is 1.